The SMILES string of the molecule is CCCOc1cccc(CCc2ccccc2)c1. The Morgan fingerprint density at radius 3 is 2.33 bits per heavy atom. The summed E-state index contributed by atoms with van der Waals surface area (Å²) in [4.78, 5) is 0. The molecular formula is C17H20O. The van der Waals surface area contributed by atoms with Crippen LogP contribution in [0.15, 0.2) is 54.6 Å². The van der Waals surface area contributed by atoms with Crippen molar-refractivity contribution >= 4 is 0 Å². The van der Waals surface area contributed by atoms with Crippen LogP contribution in [0.5, 0.6) is 5.75 Å². The first-order chi connectivity index (χ1) is 8.88. The van der Waals surface area contributed by atoms with Crippen molar-refractivity contribution in [2.45, 2.75) is 26.2 Å². The van der Waals surface area contributed by atoms with E-state index in [1.807, 2.05) is 6.07 Å². The molecule has 0 amide bonds. The molecule has 0 bridgehead atoms. The summed E-state index contributed by atoms with van der Waals surface area (Å²) in [7, 11) is 0. The Kier molecular flexibility index (Phi) is 4.83. The van der Waals surface area contributed by atoms with Gasteiger partial charge in [-0.05, 0) is 42.5 Å². The Balaban J connectivity index is 1.93. The van der Waals surface area contributed by atoms with Crippen LogP contribution in [0.25, 0.3) is 0 Å². The molecule has 0 spiro atoms. The van der Waals surface area contributed by atoms with Crippen LogP contribution in [0.3, 0.4) is 0 Å². The van der Waals surface area contributed by atoms with E-state index in [9.17, 15) is 0 Å². The van der Waals surface area contributed by atoms with Crippen molar-refractivity contribution in [2.24, 2.45) is 0 Å². The second-order valence-electron chi connectivity index (χ2n) is 4.48. The number of aryl methyl sites for hydroxylation is 2. The van der Waals surface area contributed by atoms with Gasteiger partial charge in [0.15, 0.2) is 0 Å². The Labute approximate surface area is 109 Å². The molecule has 0 aliphatic carbocycles. The normalized spacial score (nSPS) is 10.3. The molecule has 18 heavy (non-hydrogen) atoms. The average molecular weight is 240 g/mol. The van der Waals surface area contributed by atoms with Gasteiger partial charge in [-0.2, -0.15) is 0 Å². The zero-order chi connectivity index (χ0) is 12.6. The molecule has 2 aromatic rings. The van der Waals surface area contributed by atoms with Crippen molar-refractivity contribution in [1.29, 1.82) is 0 Å². The molecule has 1 nitrogen and oxygen atoms in total. The molecule has 0 aromatic heterocycles. The number of hydrogen-bond donors (Lipinski definition) is 0. The molecule has 94 valence electrons. The molecule has 0 fully saturated rings. The number of hydrogen-bond acceptors (Lipinski definition) is 1. The van der Waals surface area contributed by atoms with Gasteiger partial charge in [-0.1, -0.05) is 49.4 Å². The van der Waals surface area contributed by atoms with Gasteiger partial charge in [0.25, 0.3) is 0 Å². The minimum absolute atomic E-state index is 0.794. The highest BCUT2D eigenvalue weighted by molar-refractivity contribution is 5.29. The van der Waals surface area contributed by atoms with Gasteiger partial charge in [-0.25, -0.2) is 0 Å². The smallest absolute Gasteiger partial charge is 0.119 e. The lowest BCUT2D eigenvalue weighted by Crippen LogP contribution is -1.96. The van der Waals surface area contributed by atoms with Crippen LogP contribution in [-0.4, -0.2) is 6.61 Å². The highest BCUT2D eigenvalue weighted by Crippen LogP contribution is 2.15. The Bertz CT molecular complexity index is 462. The molecule has 0 heterocycles. The molecule has 2 rings (SSSR count). The van der Waals surface area contributed by atoms with Crippen molar-refractivity contribution < 1.29 is 4.74 Å². The predicted molar refractivity (Wildman–Crippen MR) is 76.1 cm³/mol. The van der Waals surface area contributed by atoms with Crippen LogP contribution < -0.4 is 4.74 Å². The molecule has 0 aliphatic heterocycles. The summed E-state index contributed by atoms with van der Waals surface area (Å²) in [6.45, 7) is 2.92. The third-order valence-electron chi connectivity index (χ3n) is 2.92. The van der Waals surface area contributed by atoms with E-state index >= 15 is 0 Å². The Morgan fingerprint density at radius 1 is 0.833 bits per heavy atom. The standard InChI is InChI=1S/C17H20O/c1-2-13-18-17-10-6-9-16(14-17)12-11-15-7-4-3-5-8-15/h3-10,14H,2,11-13H2,1H3. The quantitative estimate of drug-likeness (QED) is 0.733. The van der Waals surface area contributed by atoms with Gasteiger partial charge in [0, 0.05) is 0 Å². The molecule has 0 atom stereocenters. The van der Waals surface area contributed by atoms with Gasteiger partial charge in [-0.3, -0.25) is 0 Å². The summed E-state index contributed by atoms with van der Waals surface area (Å²) in [6.07, 6.45) is 3.19. The van der Waals surface area contributed by atoms with E-state index in [1.165, 1.54) is 11.1 Å². The molecule has 0 radical (unpaired) electrons. The molecule has 0 N–H and O–H groups in total. The fourth-order valence-corrected chi connectivity index (χ4v) is 1.94. The summed E-state index contributed by atoms with van der Waals surface area (Å²) in [5.74, 6) is 0.988. The average Bonchev–Trinajstić information content (AvgIpc) is 2.44. The minimum Gasteiger partial charge on any atom is -0.494 e. The maximum Gasteiger partial charge on any atom is 0.119 e. The van der Waals surface area contributed by atoms with Crippen molar-refractivity contribution in [3.63, 3.8) is 0 Å². The minimum atomic E-state index is 0.794. The number of benzene rings is 2. The maximum absolute atomic E-state index is 5.65. The van der Waals surface area contributed by atoms with Crippen LogP contribution >= 0.6 is 0 Å². The topological polar surface area (TPSA) is 9.23 Å². The number of rotatable bonds is 6. The van der Waals surface area contributed by atoms with E-state index in [0.29, 0.717) is 0 Å². The third kappa shape index (κ3) is 3.92. The molecule has 0 saturated carbocycles. The van der Waals surface area contributed by atoms with E-state index in [4.69, 9.17) is 4.74 Å². The van der Waals surface area contributed by atoms with E-state index in [-0.39, 0.29) is 0 Å². The van der Waals surface area contributed by atoms with Crippen molar-refractivity contribution in [3.05, 3.63) is 65.7 Å². The zero-order valence-corrected chi connectivity index (χ0v) is 10.9. The maximum atomic E-state index is 5.65. The van der Waals surface area contributed by atoms with Crippen molar-refractivity contribution in [2.75, 3.05) is 6.61 Å². The van der Waals surface area contributed by atoms with Gasteiger partial charge in [0.1, 0.15) is 5.75 Å². The zero-order valence-electron chi connectivity index (χ0n) is 10.9. The van der Waals surface area contributed by atoms with Crippen molar-refractivity contribution in [3.8, 4) is 5.75 Å². The Hall–Kier alpha value is -1.76. The largest absolute Gasteiger partial charge is 0.494 e. The number of ether oxygens (including phenoxy) is 1. The predicted octanol–water partition coefficient (Wildman–Crippen LogP) is 4.26. The first kappa shape index (κ1) is 12.7. The fourth-order valence-electron chi connectivity index (χ4n) is 1.94. The van der Waals surface area contributed by atoms with Gasteiger partial charge in [0.2, 0.25) is 0 Å². The lowest BCUT2D eigenvalue weighted by Gasteiger charge is -2.07. The second kappa shape index (κ2) is 6.85. The van der Waals surface area contributed by atoms with Gasteiger partial charge < -0.3 is 4.74 Å². The summed E-state index contributed by atoms with van der Waals surface area (Å²) in [5, 5.41) is 0. The van der Waals surface area contributed by atoms with Crippen LogP contribution in [0.2, 0.25) is 0 Å². The van der Waals surface area contributed by atoms with Gasteiger partial charge >= 0.3 is 0 Å². The third-order valence-corrected chi connectivity index (χ3v) is 2.92. The molecular weight excluding hydrogens is 220 g/mol. The van der Waals surface area contributed by atoms with Crippen LogP contribution in [0, 0.1) is 0 Å². The van der Waals surface area contributed by atoms with Crippen LogP contribution in [0.1, 0.15) is 24.5 Å². The first-order valence-corrected chi connectivity index (χ1v) is 6.64. The molecule has 0 aliphatic rings. The lowest BCUT2D eigenvalue weighted by molar-refractivity contribution is 0.317. The summed E-state index contributed by atoms with van der Waals surface area (Å²) in [6, 6.07) is 19.0. The molecule has 1 heteroatoms. The summed E-state index contributed by atoms with van der Waals surface area (Å²) in [5.41, 5.74) is 2.73. The Morgan fingerprint density at radius 2 is 1.56 bits per heavy atom. The fraction of sp³-hybridized carbons (Fsp3) is 0.294. The highest BCUT2D eigenvalue weighted by atomic mass is 16.5. The molecule has 0 saturated heterocycles. The van der Waals surface area contributed by atoms with E-state index in [1.54, 1.807) is 0 Å². The van der Waals surface area contributed by atoms with Crippen LogP contribution in [-0.2, 0) is 12.8 Å². The first-order valence-electron chi connectivity index (χ1n) is 6.64. The second-order valence-corrected chi connectivity index (χ2v) is 4.48. The van der Waals surface area contributed by atoms with Gasteiger partial charge in [0.05, 0.1) is 6.61 Å². The van der Waals surface area contributed by atoms with Crippen LogP contribution in [0.4, 0.5) is 0 Å². The van der Waals surface area contributed by atoms with E-state index in [0.717, 1.165) is 31.6 Å². The molecule has 0 unspecified atom stereocenters. The summed E-state index contributed by atoms with van der Waals surface area (Å²) >= 11 is 0. The van der Waals surface area contributed by atoms with E-state index in [2.05, 4.69) is 55.5 Å². The van der Waals surface area contributed by atoms with Gasteiger partial charge in [-0.15, -0.1) is 0 Å². The highest BCUT2D eigenvalue weighted by Gasteiger charge is 1.98. The molecule has 2 aromatic carbocycles. The van der Waals surface area contributed by atoms with E-state index < -0.39 is 0 Å². The van der Waals surface area contributed by atoms with Crippen molar-refractivity contribution in [1.82, 2.24) is 0 Å². The lowest BCUT2D eigenvalue weighted by atomic mass is 10.0. The monoisotopic (exact) mass is 240 g/mol. The summed E-state index contributed by atoms with van der Waals surface area (Å²) < 4.78 is 5.65.